The minimum atomic E-state index is -0.232. The van der Waals surface area contributed by atoms with Crippen LogP contribution in [0, 0.1) is 12.7 Å². The van der Waals surface area contributed by atoms with E-state index >= 15 is 0 Å². The maximum absolute atomic E-state index is 12.6. The third kappa shape index (κ3) is 1.58. The van der Waals surface area contributed by atoms with Gasteiger partial charge in [0.1, 0.15) is 11.5 Å². The van der Waals surface area contributed by atoms with Crippen LogP contribution in [0.25, 0.3) is 11.3 Å². The van der Waals surface area contributed by atoms with Crippen molar-refractivity contribution in [3.05, 3.63) is 35.0 Å². The van der Waals surface area contributed by atoms with Gasteiger partial charge in [0.05, 0.1) is 4.88 Å². The molecule has 0 radical (unpaired) electrons. The molecule has 0 aliphatic carbocycles. The van der Waals surface area contributed by atoms with Gasteiger partial charge in [0, 0.05) is 5.56 Å². The highest BCUT2D eigenvalue weighted by Gasteiger charge is 2.05. The lowest BCUT2D eigenvalue weighted by Gasteiger charge is -1.95. The summed E-state index contributed by atoms with van der Waals surface area (Å²) in [5.74, 6) is -0.232. The molecule has 0 unspecified atom stereocenters. The Labute approximate surface area is 79.2 Å². The quantitative estimate of drug-likeness (QED) is 0.697. The van der Waals surface area contributed by atoms with E-state index in [0.29, 0.717) is 0 Å². The summed E-state index contributed by atoms with van der Waals surface area (Å²) in [6.45, 7) is 1.95. The largest absolute Gasteiger partial charge is 0.207 e. The molecule has 2 aromatic rings. The molecule has 0 aliphatic heterocycles. The van der Waals surface area contributed by atoms with Gasteiger partial charge < -0.3 is 0 Å². The van der Waals surface area contributed by atoms with Crippen molar-refractivity contribution >= 4 is 11.5 Å². The van der Waals surface area contributed by atoms with Crippen molar-refractivity contribution in [3.8, 4) is 11.3 Å². The van der Waals surface area contributed by atoms with E-state index in [9.17, 15) is 4.39 Å². The summed E-state index contributed by atoms with van der Waals surface area (Å²) >= 11 is 1.35. The van der Waals surface area contributed by atoms with Crippen LogP contribution in [0.3, 0.4) is 0 Å². The fourth-order valence-corrected chi connectivity index (χ4v) is 1.59. The summed E-state index contributed by atoms with van der Waals surface area (Å²) in [6, 6.07) is 6.26. The Morgan fingerprint density at radius 2 is 1.92 bits per heavy atom. The maximum Gasteiger partial charge on any atom is 0.123 e. The van der Waals surface area contributed by atoms with Gasteiger partial charge in [-0.2, -0.15) is 0 Å². The van der Waals surface area contributed by atoms with Crippen LogP contribution in [0.15, 0.2) is 24.3 Å². The second kappa shape index (κ2) is 3.22. The van der Waals surface area contributed by atoms with E-state index in [1.54, 1.807) is 12.1 Å². The van der Waals surface area contributed by atoms with Crippen LogP contribution in [0.5, 0.6) is 0 Å². The minimum Gasteiger partial charge on any atom is -0.207 e. The minimum absolute atomic E-state index is 0.232. The van der Waals surface area contributed by atoms with Gasteiger partial charge in [-0.3, -0.25) is 0 Å². The van der Waals surface area contributed by atoms with Gasteiger partial charge in [0.2, 0.25) is 0 Å². The molecular weight excluding hydrogens is 187 g/mol. The molecular formula is C9H7FN2S. The van der Waals surface area contributed by atoms with Crippen molar-refractivity contribution in [2.45, 2.75) is 6.92 Å². The van der Waals surface area contributed by atoms with Crippen LogP contribution in [-0.2, 0) is 0 Å². The number of halogens is 1. The second-order valence-corrected chi connectivity index (χ2v) is 3.64. The number of nitrogens with zero attached hydrogens (tertiary/aromatic N) is 2. The van der Waals surface area contributed by atoms with Crippen molar-refractivity contribution in [1.82, 2.24) is 9.59 Å². The monoisotopic (exact) mass is 194 g/mol. The van der Waals surface area contributed by atoms with Gasteiger partial charge >= 0.3 is 0 Å². The number of hydrogen-bond donors (Lipinski definition) is 0. The van der Waals surface area contributed by atoms with Gasteiger partial charge in [-0.25, -0.2) is 4.39 Å². The highest BCUT2D eigenvalue weighted by Crippen LogP contribution is 2.22. The van der Waals surface area contributed by atoms with E-state index in [1.165, 1.54) is 23.7 Å². The third-order valence-electron chi connectivity index (χ3n) is 1.77. The van der Waals surface area contributed by atoms with Crippen LogP contribution in [0.4, 0.5) is 4.39 Å². The Bertz CT molecular complexity index is 408. The lowest BCUT2D eigenvalue weighted by atomic mass is 10.1. The topological polar surface area (TPSA) is 25.8 Å². The summed E-state index contributed by atoms with van der Waals surface area (Å²) < 4.78 is 16.4. The van der Waals surface area contributed by atoms with E-state index in [2.05, 4.69) is 9.59 Å². The molecule has 1 aromatic heterocycles. The molecule has 1 aromatic carbocycles. The summed E-state index contributed by atoms with van der Waals surface area (Å²) in [4.78, 5) is 1.05. The molecule has 2 nitrogen and oxygen atoms in total. The van der Waals surface area contributed by atoms with Gasteiger partial charge in [-0.1, -0.05) is 4.49 Å². The van der Waals surface area contributed by atoms with Crippen molar-refractivity contribution in [2.75, 3.05) is 0 Å². The molecule has 0 atom stereocenters. The van der Waals surface area contributed by atoms with Gasteiger partial charge in [0.15, 0.2) is 0 Å². The molecule has 2 rings (SSSR count). The Hall–Kier alpha value is -1.29. The zero-order valence-electron chi connectivity index (χ0n) is 6.99. The predicted molar refractivity (Wildman–Crippen MR) is 50.0 cm³/mol. The molecule has 66 valence electrons. The number of hydrogen-bond acceptors (Lipinski definition) is 3. The van der Waals surface area contributed by atoms with Crippen molar-refractivity contribution in [1.29, 1.82) is 0 Å². The molecule has 0 saturated carbocycles. The van der Waals surface area contributed by atoms with Crippen LogP contribution in [-0.4, -0.2) is 9.59 Å². The average molecular weight is 194 g/mol. The molecule has 0 saturated heterocycles. The zero-order valence-corrected chi connectivity index (χ0v) is 7.81. The fraction of sp³-hybridized carbons (Fsp3) is 0.111. The standard InChI is InChI=1S/C9H7FN2S/c1-6-9(11-12-13-6)7-2-4-8(10)5-3-7/h2-5H,1H3. The summed E-state index contributed by atoms with van der Waals surface area (Å²) in [6.07, 6.45) is 0. The molecule has 0 aliphatic rings. The zero-order chi connectivity index (χ0) is 9.26. The molecule has 0 amide bonds. The molecule has 4 heteroatoms. The summed E-state index contributed by atoms with van der Waals surface area (Å²) in [7, 11) is 0. The first-order valence-corrected chi connectivity index (χ1v) is 4.59. The second-order valence-electron chi connectivity index (χ2n) is 2.68. The SMILES string of the molecule is Cc1snnc1-c1ccc(F)cc1. The van der Waals surface area contributed by atoms with Crippen LogP contribution < -0.4 is 0 Å². The highest BCUT2D eigenvalue weighted by molar-refractivity contribution is 7.05. The Kier molecular flexibility index (Phi) is 2.06. The Balaban J connectivity index is 2.47. The molecule has 0 spiro atoms. The lowest BCUT2D eigenvalue weighted by Crippen LogP contribution is -1.81. The maximum atomic E-state index is 12.6. The van der Waals surface area contributed by atoms with Crippen molar-refractivity contribution < 1.29 is 4.39 Å². The van der Waals surface area contributed by atoms with Crippen LogP contribution in [0.1, 0.15) is 4.88 Å². The number of aryl methyl sites for hydroxylation is 1. The highest BCUT2D eigenvalue weighted by atomic mass is 32.1. The third-order valence-corrected chi connectivity index (χ3v) is 2.40. The Morgan fingerprint density at radius 1 is 1.23 bits per heavy atom. The molecule has 1 heterocycles. The summed E-state index contributed by atoms with van der Waals surface area (Å²) in [5, 5.41) is 3.96. The predicted octanol–water partition coefficient (Wildman–Crippen LogP) is 2.65. The number of rotatable bonds is 1. The fourth-order valence-electron chi connectivity index (χ4n) is 1.10. The van der Waals surface area contributed by atoms with Crippen molar-refractivity contribution in [3.63, 3.8) is 0 Å². The average Bonchev–Trinajstić information content (AvgIpc) is 2.53. The van der Waals surface area contributed by atoms with E-state index in [0.717, 1.165) is 16.1 Å². The molecule has 0 bridgehead atoms. The van der Waals surface area contributed by atoms with Gasteiger partial charge in [-0.05, 0) is 42.7 Å². The first kappa shape index (κ1) is 8.31. The number of aromatic nitrogens is 2. The van der Waals surface area contributed by atoms with Gasteiger partial charge in [-0.15, -0.1) is 5.10 Å². The number of benzene rings is 1. The van der Waals surface area contributed by atoms with Gasteiger partial charge in [0.25, 0.3) is 0 Å². The van der Waals surface area contributed by atoms with E-state index in [-0.39, 0.29) is 5.82 Å². The lowest BCUT2D eigenvalue weighted by molar-refractivity contribution is 0.628. The smallest absolute Gasteiger partial charge is 0.123 e. The van der Waals surface area contributed by atoms with E-state index < -0.39 is 0 Å². The van der Waals surface area contributed by atoms with Crippen molar-refractivity contribution in [2.24, 2.45) is 0 Å². The normalized spacial score (nSPS) is 10.3. The van der Waals surface area contributed by atoms with E-state index in [1.807, 2.05) is 6.92 Å². The van der Waals surface area contributed by atoms with Crippen LogP contribution >= 0.6 is 11.5 Å². The van der Waals surface area contributed by atoms with E-state index in [4.69, 9.17) is 0 Å². The molecule has 13 heavy (non-hydrogen) atoms. The Morgan fingerprint density at radius 3 is 2.46 bits per heavy atom. The van der Waals surface area contributed by atoms with Crippen LogP contribution in [0.2, 0.25) is 0 Å². The first-order valence-electron chi connectivity index (χ1n) is 3.82. The first-order chi connectivity index (χ1) is 6.27. The summed E-state index contributed by atoms with van der Waals surface area (Å²) in [5.41, 5.74) is 1.75. The molecule has 0 fully saturated rings. The molecule has 0 N–H and O–H groups in total.